The quantitative estimate of drug-likeness (QED) is 0.744. The van der Waals surface area contributed by atoms with Gasteiger partial charge >= 0.3 is 0 Å². The molecule has 0 saturated carbocycles. The molecule has 2 nitrogen and oxygen atoms in total. The van der Waals surface area contributed by atoms with Gasteiger partial charge in [0.15, 0.2) is 0 Å². The van der Waals surface area contributed by atoms with Crippen LogP contribution in [0, 0.1) is 0 Å². The van der Waals surface area contributed by atoms with Crippen LogP contribution in [0.4, 0.5) is 0 Å². The molecule has 15 heavy (non-hydrogen) atoms. The lowest BCUT2D eigenvalue weighted by molar-refractivity contribution is 0.528. The lowest BCUT2D eigenvalue weighted by atomic mass is 10.0. The van der Waals surface area contributed by atoms with E-state index in [9.17, 15) is 0 Å². The minimum atomic E-state index is 0.543. The lowest BCUT2D eigenvalue weighted by Gasteiger charge is -2.24. The van der Waals surface area contributed by atoms with Crippen molar-refractivity contribution in [1.29, 1.82) is 0 Å². The van der Waals surface area contributed by atoms with Gasteiger partial charge in [-0.15, -0.1) is 0 Å². The maximum atomic E-state index is 5.95. The number of nitrogens with zero attached hydrogens (tertiary/aromatic N) is 1. The molecule has 1 rings (SSSR count). The average Bonchev–Trinajstić information content (AvgIpc) is 2.28. The Hall–Kier alpha value is -1.15. The molecule has 0 amide bonds. The normalized spacial score (nSPS) is 16.5. The number of nitrogens with two attached hydrogens (primary N) is 1. The highest BCUT2D eigenvalue weighted by Crippen LogP contribution is 2.22. The van der Waals surface area contributed by atoms with Gasteiger partial charge in [-0.25, -0.2) is 0 Å². The van der Waals surface area contributed by atoms with Crippen molar-refractivity contribution in [2.75, 3.05) is 6.54 Å². The summed E-state index contributed by atoms with van der Waals surface area (Å²) in [6, 6.07) is 0. The van der Waals surface area contributed by atoms with Crippen LogP contribution < -0.4 is 5.73 Å². The van der Waals surface area contributed by atoms with E-state index in [1.807, 2.05) is 17.2 Å². The monoisotopic (exact) mass is 224 g/mol. The molecule has 0 fully saturated rings. The Morgan fingerprint density at radius 1 is 1.73 bits per heavy atom. The van der Waals surface area contributed by atoms with Crippen LogP contribution in [0.5, 0.6) is 0 Å². The van der Waals surface area contributed by atoms with Gasteiger partial charge in [-0.1, -0.05) is 43.2 Å². The summed E-state index contributed by atoms with van der Waals surface area (Å²) < 4.78 is 0. The van der Waals surface area contributed by atoms with Crippen molar-refractivity contribution < 1.29 is 0 Å². The van der Waals surface area contributed by atoms with E-state index in [2.05, 4.69) is 19.6 Å². The van der Waals surface area contributed by atoms with Crippen molar-refractivity contribution in [3.63, 3.8) is 0 Å². The molecular weight excluding hydrogens is 208 g/mol. The maximum Gasteiger partial charge on any atom is 0.124 e. The predicted molar refractivity (Wildman–Crippen MR) is 66.1 cm³/mol. The van der Waals surface area contributed by atoms with Crippen molar-refractivity contribution >= 4 is 11.6 Å². The first-order valence-corrected chi connectivity index (χ1v) is 5.46. The van der Waals surface area contributed by atoms with Gasteiger partial charge in [0, 0.05) is 18.9 Å². The van der Waals surface area contributed by atoms with Crippen LogP contribution in [0.1, 0.15) is 19.8 Å². The Kier molecular flexibility index (Phi) is 4.50. The van der Waals surface area contributed by atoms with Crippen LogP contribution >= 0.6 is 11.6 Å². The summed E-state index contributed by atoms with van der Waals surface area (Å²) in [6.07, 6.45) is 9.49. The van der Waals surface area contributed by atoms with E-state index in [1.165, 1.54) is 17.3 Å². The van der Waals surface area contributed by atoms with Crippen molar-refractivity contribution in [1.82, 2.24) is 4.90 Å². The Balaban J connectivity index is 2.68. The molecule has 0 saturated heterocycles. The predicted octanol–water partition coefficient (Wildman–Crippen LogP) is 3.09. The van der Waals surface area contributed by atoms with E-state index in [0.29, 0.717) is 5.16 Å². The second-order valence-electron chi connectivity index (χ2n) is 3.50. The molecular formula is C12H17ClN2. The molecule has 1 aliphatic heterocycles. The van der Waals surface area contributed by atoms with Crippen molar-refractivity contribution in [2.24, 2.45) is 5.73 Å². The molecule has 0 aliphatic carbocycles. The topological polar surface area (TPSA) is 29.3 Å². The van der Waals surface area contributed by atoms with Gasteiger partial charge in [0.05, 0.1) is 0 Å². The second-order valence-corrected chi connectivity index (χ2v) is 3.89. The Bertz CT molecular complexity index is 327. The van der Waals surface area contributed by atoms with Crippen molar-refractivity contribution in [3.8, 4) is 0 Å². The van der Waals surface area contributed by atoms with E-state index in [4.69, 9.17) is 17.3 Å². The van der Waals surface area contributed by atoms with Crippen molar-refractivity contribution in [3.05, 3.63) is 47.4 Å². The molecule has 1 heterocycles. The highest BCUT2D eigenvalue weighted by molar-refractivity contribution is 6.29. The summed E-state index contributed by atoms with van der Waals surface area (Å²) in [5, 5.41) is 0.543. The van der Waals surface area contributed by atoms with Gasteiger partial charge in [-0.05, 0) is 18.1 Å². The Labute approximate surface area is 96.4 Å². The molecule has 0 aromatic carbocycles. The SMILES string of the molecule is C=C(CCC)C1=CC=CN(/C(Cl)=C\N)C1. The highest BCUT2D eigenvalue weighted by atomic mass is 35.5. The summed E-state index contributed by atoms with van der Waals surface area (Å²) in [7, 11) is 0. The third kappa shape index (κ3) is 3.17. The van der Waals surface area contributed by atoms with E-state index in [-0.39, 0.29) is 0 Å². The lowest BCUT2D eigenvalue weighted by Crippen LogP contribution is -2.20. The minimum absolute atomic E-state index is 0.543. The van der Waals surface area contributed by atoms with Crippen LogP contribution in [-0.2, 0) is 0 Å². The molecule has 0 unspecified atom stereocenters. The van der Waals surface area contributed by atoms with Gasteiger partial charge in [-0.3, -0.25) is 0 Å². The third-order valence-corrected chi connectivity index (χ3v) is 2.67. The summed E-state index contributed by atoms with van der Waals surface area (Å²) in [5.41, 5.74) is 7.77. The zero-order valence-corrected chi connectivity index (χ0v) is 9.80. The average molecular weight is 225 g/mol. The molecule has 82 valence electrons. The highest BCUT2D eigenvalue weighted by Gasteiger charge is 2.11. The smallest absolute Gasteiger partial charge is 0.124 e. The number of allylic oxidation sites excluding steroid dienone is 2. The van der Waals surface area contributed by atoms with Gasteiger partial charge in [-0.2, -0.15) is 0 Å². The van der Waals surface area contributed by atoms with E-state index >= 15 is 0 Å². The molecule has 0 aromatic heterocycles. The molecule has 0 spiro atoms. The number of hydrogen-bond acceptors (Lipinski definition) is 2. The second kappa shape index (κ2) is 5.66. The molecule has 0 radical (unpaired) electrons. The van der Waals surface area contributed by atoms with Gasteiger partial charge in [0.25, 0.3) is 0 Å². The van der Waals surface area contributed by atoms with Gasteiger partial charge in [0.1, 0.15) is 5.16 Å². The van der Waals surface area contributed by atoms with E-state index < -0.39 is 0 Å². The van der Waals surface area contributed by atoms with Crippen LogP contribution in [0.3, 0.4) is 0 Å². The fraction of sp³-hybridized carbons (Fsp3) is 0.333. The first-order valence-electron chi connectivity index (χ1n) is 5.08. The van der Waals surface area contributed by atoms with Crippen LogP contribution in [-0.4, -0.2) is 11.4 Å². The van der Waals surface area contributed by atoms with Crippen LogP contribution in [0.2, 0.25) is 0 Å². The molecule has 0 atom stereocenters. The molecule has 3 heteroatoms. The largest absolute Gasteiger partial charge is 0.402 e. The Morgan fingerprint density at radius 2 is 2.47 bits per heavy atom. The summed E-state index contributed by atoms with van der Waals surface area (Å²) in [4.78, 5) is 1.90. The third-order valence-electron chi connectivity index (χ3n) is 2.32. The van der Waals surface area contributed by atoms with Gasteiger partial charge < -0.3 is 10.6 Å². The number of hydrogen-bond donors (Lipinski definition) is 1. The van der Waals surface area contributed by atoms with E-state index in [0.717, 1.165) is 19.4 Å². The number of halogens is 1. The minimum Gasteiger partial charge on any atom is -0.402 e. The first-order chi connectivity index (χ1) is 7.19. The standard InChI is InChI=1S/C12H17ClN2/c1-3-5-10(2)11-6-4-7-15(9-11)12(13)8-14/h4,6-8H,2-3,5,9,14H2,1H3/b12-8-. The molecule has 2 N–H and O–H groups in total. The summed E-state index contributed by atoms with van der Waals surface area (Å²) >= 11 is 5.95. The summed E-state index contributed by atoms with van der Waals surface area (Å²) in [5.74, 6) is 0. The van der Waals surface area contributed by atoms with Gasteiger partial charge in [0.2, 0.25) is 0 Å². The zero-order chi connectivity index (χ0) is 11.3. The molecule has 0 bridgehead atoms. The first kappa shape index (κ1) is 11.9. The van der Waals surface area contributed by atoms with E-state index in [1.54, 1.807) is 0 Å². The fourth-order valence-electron chi connectivity index (χ4n) is 1.49. The molecule has 1 aliphatic rings. The fourth-order valence-corrected chi connectivity index (χ4v) is 1.60. The molecule has 0 aromatic rings. The van der Waals surface area contributed by atoms with Crippen molar-refractivity contribution in [2.45, 2.75) is 19.8 Å². The summed E-state index contributed by atoms with van der Waals surface area (Å²) in [6.45, 7) is 6.96. The maximum absolute atomic E-state index is 5.95. The number of rotatable bonds is 4. The Morgan fingerprint density at radius 3 is 3.07 bits per heavy atom. The zero-order valence-electron chi connectivity index (χ0n) is 9.04. The van der Waals surface area contributed by atoms with Crippen LogP contribution in [0.15, 0.2) is 47.4 Å². The van der Waals surface area contributed by atoms with Crippen LogP contribution in [0.25, 0.3) is 0 Å².